The highest BCUT2D eigenvalue weighted by atomic mass is 35.5. The third kappa shape index (κ3) is 7.01. The highest BCUT2D eigenvalue weighted by Gasteiger charge is 2.21. The summed E-state index contributed by atoms with van der Waals surface area (Å²) >= 11 is 0. The van der Waals surface area contributed by atoms with E-state index in [0.717, 1.165) is 12.8 Å². The second kappa shape index (κ2) is 10.2. The van der Waals surface area contributed by atoms with Gasteiger partial charge in [-0.2, -0.15) is 0 Å². The van der Waals surface area contributed by atoms with Crippen LogP contribution in [0.15, 0.2) is 24.3 Å². The molecule has 0 atom stereocenters. The Morgan fingerprint density at radius 1 is 1.13 bits per heavy atom. The first-order chi connectivity index (χ1) is 10.4. The molecule has 0 unspecified atom stereocenters. The molecule has 0 aliphatic carbocycles. The predicted octanol–water partition coefficient (Wildman–Crippen LogP) is 2.71. The molecule has 0 aromatic heterocycles. The standard InChI is InChI=1S/C17H26N2O3.ClH/c1-4-17(18,5-2)12-19-16(21)11-10-15(20)13-6-8-14(22-3)9-7-13;/h6-9H,4-5,10-12,18H2,1-3H3,(H,19,21);1H. The van der Waals surface area contributed by atoms with Crippen molar-refractivity contribution in [2.45, 2.75) is 45.1 Å². The van der Waals surface area contributed by atoms with Crippen LogP contribution in [0.1, 0.15) is 49.9 Å². The third-order valence-electron chi connectivity index (χ3n) is 4.04. The SMILES string of the molecule is CCC(N)(CC)CNC(=O)CCC(=O)c1ccc(OC)cc1.Cl. The molecule has 1 rings (SSSR count). The topological polar surface area (TPSA) is 81.4 Å². The maximum Gasteiger partial charge on any atom is 0.220 e. The number of nitrogens with two attached hydrogens (primary N) is 1. The average molecular weight is 343 g/mol. The van der Waals surface area contributed by atoms with E-state index in [-0.39, 0.29) is 42.5 Å². The van der Waals surface area contributed by atoms with Gasteiger partial charge in [0.25, 0.3) is 0 Å². The van der Waals surface area contributed by atoms with E-state index in [2.05, 4.69) is 5.32 Å². The second-order valence-electron chi connectivity index (χ2n) is 5.50. The lowest BCUT2D eigenvalue weighted by atomic mass is 9.94. The Bertz CT molecular complexity index is 499. The molecule has 0 spiro atoms. The predicted molar refractivity (Wildman–Crippen MR) is 94.3 cm³/mol. The van der Waals surface area contributed by atoms with Crippen LogP contribution in [0, 0.1) is 0 Å². The molecule has 0 heterocycles. The van der Waals surface area contributed by atoms with Gasteiger partial charge in [-0.15, -0.1) is 12.4 Å². The fourth-order valence-corrected chi connectivity index (χ4v) is 2.01. The van der Waals surface area contributed by atoms with E-state index < -0.39 is 0 Å². The fourth-order valence-electron chi connectivity index (χ4n) is 2.01. The van der Waals surface area contributed by atoms with Crippen LogP contribution < -0.4 is 15.8 Å². The van der Waals surface area contributed by atoms with E-state index in [9.17, 15) is 9.59 Å². The molecule has 1 aromatic rings. The molecular formula is C17H27ClN2O3. The van der Waals surface area contributed by atoms with Crippen LogP contribution in [0.25, 0.3) is 0 Å². The number of hydrogen-bond acceptors (Lipinski definition) is 4. The van der Waals surface area contributed by atoms with Crippen molar-refractivity contribution in [1.82, 2.24) is 5.32 Å². The molecule has 0 aliphatic rings. The number of methoxy groups -OCH3 is 1. The van der Waals surface area contributed by atoms with Crippen molar-refractivity contribution < 1.29 is 14.3 Å². The molecule has 1 aromatic carbocycles. The molecule has 23 heavy (non-hydrogen) atoms. The van der Waals surface area contributed by atoms with Gasteiger partial charge < -0.3 is 15.8 Å². The van der Waals surface area contributed by atoms with Gasteiger partial charge in [-0.3, -0.25) is 9.59 Å². The first-order valence-electron chi connectivity index (χ1n) is 7.67. The summed E-state index contributed by atoms with van der Waals surface area (Å²) in [4.78, 5) is 23.8. The first kappa shape index (κ1) is 21.4. The van der Waals surface area contributed by atoms with E-state index in [4.69, 9.17) is 10.5 Å². The largest absolute Gasteiger partial charge is 0.497 e. The zero-order chi connectivity index (χ0) is 16.6. The summed E-state index contributed by atoms with van der Waals surface area (Å²) in [6.45, 7) is 4.45. The number of Topliss-reactive ketones (excluding diaryl/α,β-unsaturated/α-hetero) is 1. The molecule has 0 saturated carbocycles. The fraction of sp³-hybridized carbons (Fsp3) is 0.529. The average Bonchev–Trinajstić information content (AvgIpc) is 2.57. The van der Waals surface area contributed by atoms with Gasteiger partial charge in [0.1, 0.15) is 5.75 Å². The van der Waals surface area contributed by atoms with Crippen LogP contribution in [-0.4, -0.2) is 30.9 Å². The van der Waals surface area contributed by atoms with Crippen molar-refractivity contribution >= 4 is 24.1 Å². The molecule has 5 nitrogen and oxygen atoms in total. The second-order valence-corrected chi connectivity index (χ2v) is 5.50. The first-order valence-corrected chi connectivity index (χ1v) is 7.67. The molecule has 1 amide bonds. The molecule has 3 N–H and O–H groups in total. The van der Waals surface area contributed by atoms with Crippen molar-refractivity contribution in [3.8, 4) is 5.75 Å². The van der Waals surface area contributed by atoms with E-state index in [0.29, 0.717) is 17.9 Å². The summed E-state index contributed by atoms with van der Waals surface area (Å²) in [6, 6.07) is 6.88. The summed E-state index contributed by atoms with van der Waals surface area (Å²) in [5.41, 5.74) is 6.35. The molecule has 0 saturated heterocycles. The quantitative estimate of drug-likeness (QED) is 0.676. The number of ether oxygens (including phenoxy) is 1. The van der Waals surface area contributed by atoms with E-state index in [1.165, 1.54) is 0 Å². The molecule has 0 aliphatic heterocycles. The number of nitrogens with one attached hydrogen (secondary N) is 1. The summed E-state index contributed by atoms with van der Waals surface area (Å²) in [5, 5.41) is 2.81. The third-order valence-corrected chi connectivity index (χ3v) is 4.04. The monoisotopic (exact) mass is 342 g/mol. The Kier molecular flexibility index (Phi) is 9.53. The van der Waals surface area contributed by atoms with Gasteiger partial charge in [-0.25, -0.2) is 0 Å². The van der Waals surface area contributed by atoms with Crippen LogP contribution in [0.3, 0.4) is 0 Å². The lowest BCUT2D eigenvalue weighted by Gasteiger charge is -2.26. The van der Waals surface area contributed by atoms with E-state index in [1.807, 2.05) is 13.8 Å². The van der Waals surface area contributed by atoms with Gasteiger partial charge in [0.15, 0.2) is 5.78 Å². The van der Waals surface area contributed by atoms with Crippen molar-refractivity contribution in [3.63, 3.8) is 0 Å². The molecule has 6 heteroatoms. The summed E-state index contributed by atoms with van der Waals surface area (Å²) in [5.74, 6) is 0.508. The minimum Gasteiger partial charge on any atom is -0.497 e. The van der Waals surface area contributed by atoms with Gasteiger partial charge in [-0.05, 0) is 37.1 Å². The number of carbonyl (C=O) groups is 2. The van der Waals surface area contributed by atoms with Crippen LogP contribution in [0.5, 0.6) is 5.75 Å². The Morgan fingerprint density at radius 3 is 2.17 bits per heavy atom. The highest BCUT2D eigenvalue weighted by Crippen LogP contribution is 2.13. The number of ketones is 1. The van der Waals surface area contributed by atoms with Gasteiger partial charge in [-0.1, -0.05) is 13.8 Å². The zero-order valence-corrected chi connectivity index (χ0v) is 14.9. The normalized spacial score (nSPS) is 10.6. The molecule has 0 fully saturated rings. The number of hydrogen-bond donors (Lipinski definition) is 2. The maximum atomic E-state index is 12.0. The highest BCUT2D eigenvalue weighted by molar-refractivity contribution is 5.98. The smallest absolute Gasteiger partial charge is 0.220 e. The van der Waals surface area contributed by atoms with Gasteiger partial charge >= 0.3 is 0 Å². The summed E-state index contributed by atoms with van der Waals surface area (Å²) in [7, 11) is 1.57. The van der Waals surface area contributed by atoms with E-state index in [1.54, 1.807) is 31.4 Å². The van der Waals surface area contributed by atoms with Crippen LogP contribution in [0.4, 0.5) is 0 Å². The molecular weight excluding hydrogens is 316 g/mol. The summed E-state index contributed by atoms with van der Waals surface area (Å²) in [6.07, 6.45) is 1.96. The zero-order valence-electron chi connectivity index (χ0n) is 14.1. The molecule has 0 radical (unpaired) electrons. The minimum atomic E-state index is -0.365. The molecule has 0 bridgehead atoms. The van der Waals surface area contributed by atoms with Crippen LogP contribution >= 0.6 is 12.4 Å². The van der Waals surface area contributed by atoms with Gasteiger partial charge in [0, 0.05) is 30.5 Å². The Morgan fingerprint density at radius 2 is 1.70 bits per heavy atom. The Hall–Kier alpha value is -1.59. The number of amides is 1. The van der Waals surface area contributed by atoms with Crippen LogP contribution in [0.2, 0.25) is 0 Å². The van der Waals surface area contributed by atoms with Crippen LogP contribution in [-0.2, 0) is 4.79 Å². The van der Waals surface area contributed by atoms with Crippen molar-refractivity contribution in [1.29, 1.82) is 0 Å². The van der Waals surface area contributed by atoms with Gasteiger partial charge in [0.05, 0.1) is 7.11 Å². The maximum absolute atomic E-state index is 12.0. The lowest BCUT2D eigenvalue weighted by molar-refractivity contribution is -0.121. The van der Waals surface area contributed by atoms with E-state index >= 15 is 0 Å². The lowest BCUT2D eigenvalue weighted by Crippen LogP contribution is -2.49. The molecule has 130 valence electrons. The van der Waals surface area contributed by atoms with Crippen molar-refractivity contribution in [2.75, 3.05) is 13.7 Å². The van der Waals surface area contributed by atoms with Crippen molar-refractivity contribution in [2.24, 2.45) is 5.73 Å². The minimum absolute atomic E-state index is 0. The number of benzene rings is 1. The van der Waals surface area contributed by atoms with Gasteiger partial charge in [0.2, 0.25) is 5.91 Å². The van der Waals surface area contributed by atoms with Crippen molar-refractivity contribution in [3.05, 3.63) is 29.8 Å². The summed E-state index contributed by atoms with van der Waals surface area (Å²) < 4.78 is 5.04. The number of rotatable bonds is 9. The number of halogens is 1. The Labute approximate surface area is 144 Å². The Balaban J connectivity index is 0.00000484. The number of carbonyl (C=O) groups excluding carboxylic acids is 2.